The molecule has 1 fully saturated rings. The molecule has 0 spiro atoms. The molecule has 7 nitrogen and oxygen atoms in total. The van der Waals surface area contributed by atoms with Gasteiger partial charge in [0.1, 0.15) is 11.4 Å². The zero-order valence-electron chi connectivity index (χ0n) is 32.2. The Hall–Kier alpha value is -5.37. The Balaban J connectivity index is 1.17. The molecule has 0 aliphatic heterocycles. The molecule has 8 heteroatoms. The lowest BCUT2D eigenvalue weighted by atomic mass is 9.77. The van der Waals surface area contributed by atoms with E-state index in [1.807, 2.05) is 41.0 Å². The highest BCUT2D eigenvalue weighted by atomic mass is 35.5. The number of imidazole rings is 1. The maximum Gasteiger partial charge on any atom is 0.176 e. The normalized spacial score (nSPS) is 13.8. The molecular weight excluding hydrogens is 712 g/mol. The molecule has 0 bridgehead atoms. The number of rotatable bonds is 14. The van der Waals surface area contributed by atoms with Crippen LogP contribution in [0.3, 0.4) is 0 Å². The van der Waals surface area contributed by atoms with Crippen molar-refractivity contribution in [3.05, 3.63) is 184 Å². The van der Waals surface area contributed by atoms with Gasteiger partial charge in [-0.15, -0.1) is 5.11 Å². The molecule has 0 unspecified atom stereocenters. The van der Waals surface area contributed by atoms with Crippen LogP contribution in [0.1, 0.15) is 109 Å². The van der Waals surface area contributed by atoms with Crippen molar-refractivity contribution in [3.63, 3.8) is 0 Å². The molecule has 0 atom stereocenters. The lowest BCUT2D eigenvalue weighted by Gasteiger charge is -2.35. The molecule has 1 heterocycles. The van der Waals surface area contributed by atoms with Gasteiger partial charge in [0.2, 0.25) is 0 Å². The lowest BCUT2D eigenvalue weighted by molar-refractivity contribution is 0.271. The van der Waals surface area contributed by atoms with Crippen LogP contribution in [0.15, 0.2) is 144 Å². The molecular formula is C48H51ClN6O. The first-order chi connectivity index (χ1) is 27.5. The van der Waals surface area contributed by atoms with Crippen molar-refractivity contribution in [2.45, 2.75) is 89.3 Å². The highest BCUT2D eigenvalue weighted by molar-refractivity contribution is 6.30. The smallest absolute Gasteiger partial charge is 0.176 e. The fourth-order valence-corrected chi connectivity index (χ4v) is 8.43. The average molecular weight is 763 g/mol. The predicted molar refractivity (Wildman–Crippen MR) is 227 cm³/mol. The fraction of sp³-hybridized carbons (Fsp3) is 0.292. The molecule has 6 aromatic rings. The minimum atomic E-state index is -0.852. The predicted octanol–water partition coefficient (Wildman–Crippen LogP) is 11.8. The summed E-state index contributed by atoms with van der Waals surface area (Å²) >= 11 is 6.41. The molecule has 0 radical (unpaired) electrons. The van der Waals surface area contributed by atoms with Crippen molar-refractivity contribution in [3.8, 4) is 11.1 Å². The molecule has 286 valence electrons. The number of nitrogens with one attached hydrogen (secondary N) is 2. The zero-order chi connectivity index (χ0) is 38.7. The van der Waals surface area contributed by atoms with Gasteiger partial charge in [-0.05, 0) is 64.1 Å². The van der Waals surface area contributed by atoms with Gasteiger partial charge in [0.05, 0.1) is 12.3 Å². The standard InChI is InChI=1S/C48H51ClN6O/c1-2-3-24-45-51-46(49)44(34-56)55(45)33-35-25-27-38(28-26-35)42-22-14-15-23-43(42)47(50)52-54-53-48(39-18-10-6-11-19-39,40-20-12-7-13-21-40)41-31-29-37(30-32-41)36-16-8-4-5-9-17-36/h6-7,10-15,18-23,25-32,36,56H,2-5,8-9,16-17,24,33-34H2,1H3,(H2,50,52,53). The van der Waals surface area contributed by atoms with E-state index in [0.717, 1.165) is 58.5 Å². The summed E-state index contributed by atoms with van der Waals surface area (Å²) < 4.78 is 2.03. The van der Waals surface area contributed by atoms with Crippen molar-refractivity contribution in [2.75, 3.05) is 0 Å². The van der Waals surface area contributed by atoms with E-state index in [1.54, 1.807) is 0 Å². The summed E-state index contributed by atoms with van der Waals surface area (Å²) in [5.41, 5.74) is 11.4. The van der Waals surface area contributed by atoms with Gasteiger partial charge in [-0.2, -0.15) is 0 Å². The van der Waals surface area contributed by atoms with E-state index in [1.165, 1.54) is 44.1 Å². The largest absolute Gasteiger partial charge is 0.390 e. The van der Waals surface area contributed by atoms with E-state index in [2.05, 4.69) is 125 Å². The number of halogens is 1. The van der Waals surface area contributed by atoms with Crippen LogP contribution in [0.4, 0.5) is 0 Å². The molecule has 7 rings (SSSR count). The van der Waals surface area contributed by atoms with E-state index in [9.17, 15) is 10.5 Å². The number of aryl methyl sites for hydroxylation is 1. The molecule has 1 aliphatic rings. The van der Waals surface area contributed by atoms with Gasteiger partial charge < -0.3 is 9.67 Å². The van der Waals surface area contributed by atoms with E-state index in [0.29, 0.717) is 28.9 Å². The summed E-state index contributed by atoms with van der Waals surface area (Å²) in [5, 5.41) is 28.7. The molecule has 1 saturated carbocycles. The summed E-state index contributed by atoms with van der Waals surface area (Å²) in [4.78, 5) is 4.55. The Labute approximate surface area is 336 Å². The van der Waals surface area contributed by atoms with Crippen molar-refractivity contribution >= 4 is 17.4 Å². The van der Waals surface area contributed by atoms with Crippen LogP contribution in [-0.4, -0.2) is 20.5 Å². The fourth-order valence-electron chi connectivity index (χ4n) is 8.17. The summed E-state index contributed by atoms with van der Waals surface area (Å²) in [6.07, 6.45) is 10.6. The third-order valence-electron chi connectivity index (χ3n) is 11.2. The van der Waals surface area contributed by atoms with Crippen LogP contribution >= 0.6 is 11.6 Å². The molecule has 3 N–H and O–H groups in total. The number of hydrogen-bond acceptors (Lipinski definition) is 4. The summed E-state index contributed by atoms with van der Waals surface area (Å²) in [7, 11) is 0. The van der Waals surface area contributed by atoms with Crippen molar-refractivity contribution in [2.24, 2.45) is 10.3 Å². The highest BCUT2D eigenvalue weighted by Crippen LogP contribution is 2.39. The zero-order valence-corrected chi connectivity index (χ0v) is 32.9. The molecule has 1 aliphatic carbocycles. The molecule has 56 heavy (non-hydrogen) atoms. The van der Waals surface area contributed by atoms with Gasteiger partial charge >= 0.3 is 0 Å². The third-order valence-corrected chi connectivity index (χ3v) is 11.5. The molecule has 1 aromatic heterocycles. The number of nitrogens with zero attached hydrogens (tertiary/aromatic N) is 4. The van der Waals surface area contributed by atoms with Gasteiger partial charge in [-0.1, -0.05) is 189 Å². The van der Waals surface area contributed by atoms with E-state index >= 15 is 0 Å². The number of aliphatic hydroxyl groups is 1. The number of aliphatic hydroxyl groups excluding tert-OH is 1. The summed E-state index contributed by atoms with van der Waals surface area (Å²) in [5.74, 6) is 1.53. The number of aromatic nitrogens is 2. The maximum absolute atomic E-state index is 10.0. The quantitative estimate of drug-likeness (QED) is 0.0257. The minimum Gasteiger partial charge on any atom is -0.390 e. The second kappa shape index (κ2) is 18.5. The van der Waals surface area contributed by atoms with Crippen LogP contribution in [0, 0.1) is 5.41 Å². The maximum atomic E-state index is 10.0. The summed E-state index contributed by atoms with van der Waals surface area (Å²) in [6.45, 7) is 2.54. The minimum absolute atomic E-state index is 0.0529. The van der Waals surface area contributed by atoms with Crippen molar-refractivity contribution in [1.29, 1.82) is 5.41 Å². The van der Waals surface area contributed by atoms with Crippen LogP contribution in [-0.2, 0) is 25.1 Å². The number of amidine groups is 1. The van der Waals surface area contributed by atoms with E-state index < -0.39 is 5.54 Å². The number of benzene rings is 5. The van der Waals surface area contributed by atoms with Crippen LogP contribution < -0.4 is 5.43 Å². The second-order valence-electron chi connectivity index (χ2n) is 14.8. The number of hydrogen-bond donors (Lipinski definition) is 3. The van der Waals surface area contributed by atoms with Crippen LogP contribution in [0.25, 0.3) is 11.1 Å². The SMILES string of the molecule is CCCCc1nc(Cl)c(CO)n1Cc1ccc(-c2ccccc2C(=N)/N=N\NC(c2ccccc2)(c2ccccc2)c2ccc(C3CCCCCC3)cc2)cc1. The topological polar surface area (TPSA) is 98.7 Å². The third kappa shape index (κ3) is 8.54. The second-order valence-corrected chi connectivity index (χ2v) is 15.2. The first-order valence-electron chi connectivity index (χ1n) is 20.0. The summed E-state index contributed by atoms with van der Waals surface area (Å²) in [6, 6.07) is 45.9. The van der Waals surface area contributed by atoms with Gasteiger partial charge in [-0.3, -0.25) is 10.8 Å². The molecule has 0 saturated heterocycles. The molecule has 5 aromatic carbocycles. The highest BCUT2D eigenvalue weighted by Gasteiger charge is 2.37. The average Bonchev–Trinajstić information content (AvgIpc) is 3.38. The van der Waals surface area contributed by atoms with E-state index in [4.69, 9.17) is 11.6 Å². The monoisotopic (exact) mass is 762 g/mol. The van der Waals surface area contributed by atoms with Crippen molar-refractivity contribution < 1.29 is 5.11 Å². The van der Waals surface area contributed by atoms with Gasteiger partial charge in [-0.25, -0.2) is 4.98 Å². The van der Waals surface area contributed by atoms with Crippen molar-refractivity contribution in [1.82, 2.24) is 15.0 Å². The van der Waals surface area contributed by atoms with Gasteiger partial charge in [0.15, 0.2) is 11.0 Å². The Morgan fingerprint density at radius 1 is 0.804 bits per heavy atom. The van der Waals surface area contributed by atoms with Crippen LogP contribution in [0.2, 0.25) is 5.15 Å². The first-order valence-corrected chi connectivity index (χ1v) is 20.4. The Morgan fingerprint density at radius 3 is 2.04 bits per heavy atom. The first kappa shape index (κ1) is 38.9. The Morgan fingerprint density at radius 2 is 1.41 bits per heavy atom. The molecule has 0 amide bonds. The number of unbranched alkanes of at least 4 members (excludes halogenated alkanes) is 1. The van der Waals surface area contributed by atoms with Gasteiger partial charge in [0, 0.05) is 18.5 Å². The lowest BCUT2D eigenvalue weighted by Crippen LogP contribution is -2.41. The van der Waals surface area contributed by atoms with Crippen LogP contribution in [0.5, 0.6) is 0 Å². The van der Waals surface area contributed by atoms with E-state index in [-0.39, 0.29) is 12.4 Å². The van der Waals surface area contributed by atoms with Gasteiger partial charge in [0.25, 0.3) is 0 Å². The Kier molecular flexibility index (Phi) is 12.9. The Bertz CT molecular complexity index is 2170.